The summed E-state index contributed by atoms with van der Waals surface area (Å²) in [5.41, 5.74) is 0. The van der Waals surface area contributed by atoms with Gasteiger partial charge < -0.3 is 8.69 Å². The van der Waals surface area contributed by atoms with Gasteiger partial charge in [-0.25, -0.2) is 0 Å². The summed E-state index contributed by atoms with van der Waals surface area (Å²) in [6, 6.07) is 0. The fourth-order valence-electron chi connectivity index (χ4n) is 4.05. The van der Waals surface area contributed by atoms with Gasteiger partial charge in [-0.1, -0.05) is 82.7 Å². The number of unbranched alkanes of at least 4 members (excludes halogenated alkanes) is 6. The van der Waals surface area contributed by atoms with Gasteiger partial charge in [-0.15, -0.1) is 0 Å². The molecule has 3 heteroatoms. The third kappa shape index (κ3) is 9.81. The second-order valence-electron chi connectivity index (χ2n) is 7.96. The van der Waals surface area contributed by atoms with Gasteiger partial charge in [0, 0.05) is 12.6 Å². The Bertz CT molecular complexity index is 275. The van der Waals surface area contributed by atoms with Crippen LogP contribution in [0.5, 0.6) is 0 Å². The van der Waals surface area contributed by atoms with Crippen LogP contribution in [-0.4, -0.2) is 45.1 Å². The first-order valence-electron chi connectivity index (χ1n) is 11.1. The maximum atomic E-state index is 6.76. The first-order valence-corrected chi connectivity index (χ1v) is 13.2. The van der Waals surface area contributed by atoms with Crippen molar-refractivity contribution in [2.24, 2.45) is 5.92 Å². The summed E-state index contributed by atoms with van der Waals surface area (Å²) in [6.07, 6.45) is 14.4. The molecule has 0 aromatic heterocycles. The molecule has 0 spiro atoms. The lowest BCUT2D eigenvalue weighted by Crippen LogP contribution is -2.41. The van der Waals surface area contributed by atoms with Crippen LogP contribution in [0.2, 0.25) is 10.6 Å². The van der Waals surface area contributed by atoms with Crippen molar-refractivity contribution in [3.63, 3.8) is 0 Å². The molecule has 2 atom stereocenters. The molecule has 24 heavy (non-hydrogen) atoms. The maximum absolute atomic E-state index is 6.76. The van der Waals surface area contributed by atoms with Crippen LogP contribution in [0.1, 0.15) is 91.9 Å². The van der Waals surface area contributed by atoms with Crippen LogP contribution in [0.25, 0.3) is 0 Å². The lowest BCUT2D eigenvalue weighted by molar-refractivity contribution is 0.0788. The number of nitrogens with zero attached hydrogens (tertiary/aromatic N) is 1. The summed E-state index contributed by atoms with van der Waals surface area (Å²) >= 11 is -0.996. The van der Waals surface area contributed by atoms with Crippen molar-refractivity contribution in [2.45, 2.75) is 109 Å². The fraction of sp³-hybridized carbons (Fsp3) is 1.00. The highest BCUT2D eigenvalue weighted by atomic mass is 27.2. The molecular formula is C21H44AlNO. The first kappa shape index (κ1) is 22.5. The standard InChI is InChI=1S/C9H18NO.2C6H13.Al/c1-3-10-6-4-5-9(7-10)8(2)11;2*1-3-5-6-4-2;/h8-9H,3-7H2,1-2H3;2*1,3-6H2,2H3;/q-1;;;+1. The van der Waals surface area contributed by atoms with Crippen LogP contribution in [0.3, 0.4) is 0 Å². The van der Waals surface area contributed by atoms with Crippen molar-refractivity contribution in [1.29, 1.82) is 0 Å². The highest BCUT2D eigenvalue weighted by Crippen LogP contribution is 2.24. The van der Waals surface area contributed by atoms with Crippen LogP contribution >= 0.6 is 0 Å². The van der Waals surface area contributed by atoms with Crippen molar-refractivity contribution in [3.8, 4) is 0 Å². The van der Waals surface area contributed by atoms with Crippen molar-refractivity contribution >= 4 is 14.5 Å². The summed E-state index contributed by atoms with van der Waals surface area (Å²) in [7, 11) is 0. The minimum Gasteiger partial charge on any atom is -0.498 e. The molecule has 1 fully saturated rings. The SMILES string of the molecule is CCCCC[CH2][Al]([CH2]CCCCC)[O]C(C)C1CCCN(CC)C1. The Morgan fingerprint density at radius 2 is 1.58 bits per heavy atom. The number of rotatable bonds is 14. The Morgan fingerprint density at radius 1 is 0.958 bits per heavy atom. The van der Waals surface area contributed by atoms with E-state index in [1.165, 1.54) is 94.4 Å². The van der Waals surface area contributed by atoms with Gasteiger partial charge in [0.15, 0.2) is 0 Å². The Labute approximate surface area is 157 Å². The second-order valence-corrected chi connectivity index (χ2v) is 10.6. The quantitative estimate of drug-likeness (QED) is 0.269. The van der Waals surface area contributed by atoms with Gasteiger partial charge in [0.25, 0.3) is 0 Å². The predicted octanol–water partition coefficient (Wildman–Crippen LogP) is 6.28. The average Bonchev–Trinajstić information content (AvgIpc) is 2.62. The third-order valence-electron chi connectivity index (χ3n) is 5.82. The van der Waals surface area contributed by atoms with Gasteiger partial charge in [-0.3, -0.25) is 0 Å². The Hall–Kier alpha value is 0.452. The van der Waals surface area contributed by atoms with Gasteiger partial charge >= 0.3 is 14.5 Å². The topological polar surface area (TPSA) is 12.5 Å². The van der Waals surface area contributed by atoms with E-state index in [-0.39, 0.29) is 0 Å². The molecule has 0 N–H and O–H groups in total. The summed E-state index contributed by atoms with van der Waals surface area (Å²) in [5, 5.41) is 2.83. The molecule has 0 aliphatic carbocycles. The molecule has 0 amide bonds. The molecule has 0 aromatic rings. The smallest absolute Gasteiger partial charge is 0.460 e. The van der Waals surface area contributed by atoms with E-state index in [0.29, 0.717) is 6.10 Å². The fourth-order valence-corrected chi connectivity index (χ4v) is 6.93. The average molecular weight is 354 g/mol. The molecule has 1 rings (SSSR count). The zero-order chi connectivity index (χ0) is 17.6. The third-order valence-corrected chi connectivity index (χ3v) is 8.74. The van der Waals surface area contributed by atoms with E-state index in [0.717, 1.165) is 5.92 Å². The van der Waals surface area contributed by atoms with Gasteiger partial charge in [0.05, 0.1) is 0 Å². The lowest BCUT2D eigenvalue weighted by atomic mass is 9.93. The molecule has 0 aromatic carbocycles. The van der Waals surface area contributed by atoms with Gasteiger partial charge in [-0.05, 0) is 38.8 Å². The number of likely N-dealkylation sites (tertiary alicyclic amines) is 1. The van der Waals surface area contributed by atoms with Gasteiger partial charge in [0.1, 0.15) is 0 Å². The normalized spacial score (nSPS) is 20.2. The second kappa shape index (κ2) is 14.6. The van der Waals surface area contributed by atoms with Crippen LogP contribution in [0.15, 0.2) is 0 Å². The molecule has 0 bridgehead atoms. The van der Waals surface area contributed by atoms with Crippen molar-refractivity contribution in [3.05, 3.63) is 0 Å². The lowest BCUT2D eigenvalue weighted by Gasteiger charge is -2.36. The Balaban J connectivity index is 2.38. The Kier molecular flexibility index (Phi) is 13.7. The van der Waals surface area contributed by atoms with E-state index in [1.54, 1.807) is 0 Å². The minimum absolute atomic E-state index is 0.494. The van der Waals surface area contributed by atoms with E-state index in [9.17, 15) is 0 Å². The molecule has 142 valence electrons. The van der Waals surface area contributed by atoms with E-state index in [1.807, 2.05) is 0 Å². The van der Waals surface area contributed by atoms with Crippen LogP contribution in [-0.2, 0) is 3.79 Å². The number of piperidine rings is 1. The summed E-state index contributed by atoms with van der Waals surface area (Å²) < 4.78 is 6.76. The van der Waals surface area contributed by atoms with E-state index in [2.05, 4.69) is 32.6 Å². The minimum atomic E-state index is -0.996. The molecule has 0 saturated carbocycles. The molecule has 1 aliphatic rings. The van der Waals surface area contributed by atoms with Crippen LogP contribution in [0, 0.1) is 5.92 Å². The molecule has 1 heterocycles. The van der Waals surface area contributed by atoms with Gasteiger partial charge in [0.2, 0.25) is 0 Å². The summed E-state index contributed by atoms with van der Waals surface area (Å²) in [5.74, 6) is 0.778. The predicted molar refractivity (Wildman–Crippen MR) is 109 cm³/mol. The number of hydrogen-bond acceptors (Lipinski definition) is 2. The highest BCUT2D eigenvalue weighted by molar-refractivity contribution is 6.51. The molecule has 2 unspecified atom stereocenters. The monoisotopic (exact) mass is 353 g/mol. The van der Waals surface area contributed by atoms with Crippen molar-refractivity contribution < 1.29 is 3.79 Å². The zero-order valence-corrected chi connectivity index (χ0v) is 18.3. The van der Waals surface area contributed by atoms with Gasteiger partial charge in [-0.2, -0.15) is 0 Å². The highest BCUT2D eigenvalue weighted by Gasteiger charge is 2.28. The number of hydrogen-bond donors (Lipinski definition) is 0. The molecular weight excluding hydrogens is 309 g/mol. The van der Waals surface area contributed by atoms with E-state index >= 15 is 0 Å². The van der Waals surface area contributed by atoms with Crippen LogP contribution in [0.4, 0.5) is 0 Å². The molecule has 1 aliphatic heterocycles. The molecule has 0 radical (unpaired) electrons. The van der Waals surface area contributed by atoms with Crippen molar-refractivity contribution in [1.82, 2.24) is 4.90 Å². The van der Waals surface area contributed by atoms with E-state index < -0.39 is 14.5 Å². The maximum Gasteiger partial charge on any atom is 0.460 e. The van der Waals surface area contributed by atoms with Crippen molar-refractivity contribution in [2.75, 3.05) is 19.6 Å². The summed E-state index contributed by atoms with van der Waals surface area (Å²) in [4.78, 5) is 2.62. The first-order chi connectivity index (χ1) is 11.7. The van der Waals surface area contributed by atoms with Crippen LogP contribution < -0.4 is 0 Å². The summed E-state index contributed by atoms with van der Waals surface area (Å²) in [6.45, 7) is 13.1. The molecule has 2 nitrogen and oxygen atoms in total. The Morgan fingerprint density at radius 3 is 2.12 bits per heavy atom. The molecule has 1 saturated heterocycles. The van der Waals surface area contributed by atoms with E-state index in [4.69, 9.17) is 3.79 Å². The zero-order valence-electron chi connectivity index (χ0n) is 17.2. The largest absolute Gasteiger partial charge is 0.498 e.